The Kier molecular flexibility index (Phi) is 5.31. The van der Waals surface area contributed by atoms with Crippen molar-refractivity contribution in [3.05, 3.63) is 69.7 Å². The van der Waals surface area contributed by atoms with E-state index in [4.69, 9.17) is 32.7 Å². The molecule has 0 amide bonds. The molecule has 1 heterocycles. The predicted molar refractivity (Wildman–Crippen MR) is 90.3 cm³/mol. The molecule has 0 spiro atoms. The molecule has 2 aromatic carbocycles. The van der Waals surface area contributed by atoms with Crippen molar-refractivity contribution >= 4 is 35.3 Å². The predicted octanol–water partition coefficient (Wildman–Crippen LogP) is 3.96. The van der Waals surface area contributed by atoms with Gasteiger partial charge in [-0.15, -0.1) is 0 Å². The fraction of sp³-hybridized carbons (Fsp3) is 0.222. The Hall–Kier alpha value is -1.72. The molecule has 124 valence electrons. The summed E-state index contributed by atoms with van der Waals surface area (Å²) in [7, 11) is 0. The summed E-state index contributed by atoms with van der Waals surface area (Å²) in [5.74, 6) is -0.698. The molecule has 0 saturated carbocycles. The van der Waals surface area contributed by atoms with E-state index >= 15 is 0 Å². The summed E-state index contributed by atoms with van der Waals surface area (Å²) >= 11 is 12.4. The van der Waals surface area contributed by atoms with Crippen LogP contribution in [0.15, 0.2) is 48.5 Å². The first-order valence-corrected chi connectivity index (χ1v) is 8.12. The molecule has 0 radical (unpaired) electrons. The van der Waals surface area contributed by atoms with E-state index in [1.54, 1.807) is 42.5 Å². The van der Waals surface area contributed by atoms with Crippen LogP contribution < -0.4 is 0 Å². The number of ketones is 1. The third-order valence-electron chi connectivity index (χ3n) is 3.87. The van der Waals surface area contributed by atoms with E-state index in [-0.39, 0.29) is 12.9 Å². The minimum atomic E-state index is -1.07. The van der Waals surface area contributed by atoms with Crippen molar-refractivity contribution in [2.75, 3.05) is 6.61 Å². The molecule has 1 saturated heterocycles. The Bertz CT molecular complexity index is 762. The Labute approximate surface area is 149 Å². The summed E-state index contributed by atoms with van der Waals surface area (Å²) in [4.78, 5) is 23.1. The van der Waals surface area contributed by atoms with Crippen molar-refractivity contribution < 1.29 is 19.1 Å². The van der Waals surface area contributed by atoms with Gasteiger partial charge in [-0.1, -0.05) is 59.6 Å². The fourth-order valence-electron chi connectivity index (χ4n) is 2.71. The maximum Gasteiger partial charge on any atom is 0.226 e. The van der Waals surface area contributed by atoms with E-state index in [9.17, 15) is 9.59 Å². The summed E-state index contributed by atoms with van der Waals surface area (Å²) in [6, 6.07) is 14.2. The highest BCUT2D eigenvalue weighted by molar-refractivity contribution is 6.32. The van der Waals surface area contributed by atoms with E-state index in [2.05, 4.69) is 0 Å². The standard InChI is InChI=1S/C18H14Cl2O4/c19-13-7-3-1-5-11(13)16-10-23-17(18(24-16)15(22)9-21)12-6-2-4-8-14(12)20/h1-9,16-18H,10H2. The normalized spacial score (nSPS) is 23.7. The lowest BCUT2D eigenvalue weighted by Crippen LogP contribution is -2.40. The van der Waals surface area contributed by atoms with E-state index in [0.29, 0.717) is 21.2 Å². The molecule has 24 heavy (non-hydrogen) atoms. The number of benzene rings is 2. The molecule has 1 aliphatic heterocycles. The van der Waals surface area contributed by atoms with Crippen LogP contribution in [0.4, 0.5) is 0 Å². The molecular weight excluding hydrogens is 351 g/mol. The topological polar surface area (TPSA) is 52.6 Å². The van der Waals surface area contributed by atoms with Crippen LogP contribution in [0.2, 0.25) is 10.0 Å². The van der Waals surface area contributed by atoms with Crippen LogP contribution in [0.5, 0.6) is 0 Å². The minimum Gasteiger partial charge on any atom is -0.367 e. The average Bonchev–Trinajstić information content (AvgIpc) is 2.61. The van der Waals surface area contributed by atoms with Crippen LogP contribution in [0, 0.1) is 0 Å². The number of Topliss-reactive ketones (excluding diaryl/α,β-unsaturated/α-hetero) is 1. The van der Waals surface area contributed by atoms with Crippen LogP contribution in [-0.2, 0) is 19.1 Å². The van der Waals surface area contributed by atoms with Crippen LogP contribution in [0.1, 0.15) is 23.3 Å². The zero-order chi connectivity index (χ0) is 17.1. The van der Waals surface area contributed by atoms with Crippen LogP contribution in [-0.4, -0.2) is 24.8 Å². The van der Waals surface area contributed by atoms with Gasteiger partial charge in [0.15, 0.2) is 12.4 Å². The summed E-state index contributed by atoms with van der Waals surface area (Å²) in [5, 5.41) is 0.964. The lowest BCUT2D eigenvalue weighted by molar-refractivity contribution is -0.190. The lowest BCUT2D eigenvalue weighted by Gasteiger charge is -2.36. The summed E-state index contributed by atoms with van der Waals surface area (Å²) in [6.45, 7) is 0.197. The number of halogens is 2. The van der Waals surface area contributed by atoms with Crippen molar-refractivity contribution in [3.8, 4) is 0 Å². The molecule has 3 atom stereocenters. The Morgan fingerprint density at radius 1 is 1.00 bits per heavy atom. The summed E-state index contributed by atoms with van der Waals surface area (Å²) in [5.41, 5.74) is 1.32. The third kappa shape index (κ3) is 3.37. The molecular formula is C18H14Cl2O4. The molecule has 3 unspecified atom stereocenters. The molecule has 3 rings (SSSR count). The minimum absolute atomic E-state index is 0.197. The van der Waals surface area contributed by atoms with Gasteiger partial charge in [0.2, 0.25) is 5.78 Å². The van der Waals surface area contributed by atoms with Crippen LogP contribution in [0.25, 0.3) is 0 Å². The summed E-state index contributed by atoms with van der Waals surface area (Å²) in [6.07, 6.45) is -2.11. The van der Waals surface area contributed by atoms with Gasteiger partial charge in [0.1, 0.15) is 12.2 Å². The van der Waals surface area contributed by atoms with E-state index in [0.717, 1.165) is 0 Å². The number of hydrogen-bond donors (Lipinski definition) is 0. The number of rotatable bonds is 4. The van der Waals surface area contributed by atoms with Gasteiger partial charge in [-0.25, -0.2) is 0 Å². The quantitative estimate of drug-likeness (QED) is 0.608. The highest BCUT2D eigenvalue weighted by Gasteiger charge is 2.39. The van der Waals surface area contributed by atoms with Crippen molar-refractivity contribution in [1.29, 1.82) is 0 Å². The maximum absolute atomic E-state index is 12.1. The van der Waals surface area contributed by atoms with Crippen molar-refractivity contribution in [3.63, 3.8) is 0 Å². The average molecular weight is 365 g/mol. The SMILES string of the molecule is O=CC(=O)C1OC(c2ccccc2Cl)COC1c1ccccc1Cl. The molecule has 0 aliphatic carbocycles. The first-order chi connectivity index (χ1) is 11.6. The monoisotopic (exact) mass is 364 g/mol. The number of aldehydes is 1. The lowest BCUT2D eigenvalue weighted by atomic mass is 9.98. The number of carbonyl (C=O) groups is 2. The number of ether oxygens (including phenoxy) is 2. The first-order valence-electron chi connectivity index (χ1n) is 7.36. The zero-order valence-electron chi connectivity index (χ0n) is 12.5. The molecule has 0 N–H and O–H groups in total. The molecule has 0 aromatic heterocycles. The fourth-order valence-corrected chi connectivity index (χ4v) is 3.21. The number of hydrogen-bond acceptors (Lipinski definition) is 4. The van der Waals surface area contributed by atoms with E-state index < -0.39 is 24.1 Å². The first kappa shape index (κ1) is 17.1. The van der Waals surface area contributed by atoms with Gasteiger partial charge in [-0.05, 0) is 12.1 Å². The molecule has 2 aromatic rings. The largest absolute Gasteiger partial charge is 0.367 e. The molecule has 1 fully saturated rings. The van der Waals surface area contributed by atoms with Gasteiger partial charge in [0, 0.05) is 21.2 Å². The highest BCUT2D eigenvalue weighted by atomic mass is 35.5. The van der Waals surface area contributed by atoms with Gasteiger partial charge in [-0.2, -0.15) is 0 Å². The molecule has 0 bridgehead atoms. The van der Waals surface area contributed by atoms with Crippen LogP contribution >= 0.6 is 23.2 Å². The van der Waals surface area contributed by atoms with Crippen LogP contribution in [0.3, 0.4) is 0 Å². The highest BCUT2D eigenvalue weighted by Crippen LogP contribution is 2.39. The smallest absolute Gasteiger partial charge is 0.226 e. The van der Waals surface area contributed by atoms with Gasteiger partial charge in [-0.3, -0.25) is 9.59 Å². The Morgan fingerprint density at radius 3 is 2.17 bits per heavy atom. The van der Waals surface area contributed by atoms with E-state index in [1.807, 2.05) is 6.07 Å². The Morgan fingerprint density at radius 2 is 1.58 bits per heavy atom. The zero-order valence-corrected chi connectivity index (χ0v) is 14.0. The van der Waals surface area contributed by atoms with Crippen molar-refractivity contribution in [2.24, 2.45) is 0 Å². The maximum atomic E-state index is 12.1. The second-order valence-corrected chi connectivity index (χ2v) is 6.18. The number of carbonyl (C=O) groups excluding carboxylic acids is 2. The third-order valence-corrected chi connectivity index (χ3v) is 4.56. The van der Waals surface area contributed by atoms with Crippen molar-refractivity contribution in [1.82, 2.24) is 0 Å². The Balaban J connectivity index is 1.92. The molecule has 4 nitrogen and oxygen atoms in total. The summed E-state index contributed by atoms with van der Waals surface area (Å²) < 4.78 is 11.7. The van der Waals surface area contributed by atoms with Gasteiger partial charge < -0.3 is 9.47 Å². The van der Waals surface area contributed by atoms with Crippen molar-refractivity contribution in [2.45, 2.75) is 18.3 Å². The van der Waals surface area contributed by atoms with Gasteiger partial charge in [0.05, 0.1) is 6.61 Å². The van der Waals surface area contributed by atoms with Gasteiger partial charge in [0.25, 0.3) is 0 Å². The second kappa shape index (κ2) is 7.45. The van der Waals surface area contributed by atoms with E-state index in [1.165, 1.54) is 0 Å². The van der Waals surface area contributed by atoms with Gasteiger partial charge >= 0.3 is 0 Å². The second-order valence-electron chi connectivity index (χ2n) is 5.36. The molecule has 1 aliphatic rings. The molecule has 6 heteroatoms.